The predicted molar refractivity (Wildman–Crippen MR) is 23.3 cm³/mol. The summed E-state index contributed by atoms with van der Waals surface area (Å²) in [5, 5.41) is 0. The molecule has 0 aromatic carbocycles. The first-order chi connectivity index (χ1) is 2.56. The summed E-state index contributed by atoms with van der Waals surface area (Å²) in [6, 6.07) is 0. The van der Waals surface area contributed by atoms with Gasteiger partial charge in [0.05, 0.1) is 0 Å². The summed E-state index contributed by atoms with van der Waals surface area (Å²) < 4.78 is 3.11. The van der Waals surface area contributed by atoms with Crippen LogP contribution in [0.4, 0.5) is 0 Å². The van der Waals surface area contributed by atoms with Gasteiger partial charge in [0.2, 0.25) is 0 Å². The van der Waals surface area contributed by atoms with Gasteiger partial charge in [0.25, 0.3) is 0 Å². The van der Waals surface area contributed by atoms with E-state index in [1.807, 2.05) is 19.2 Å². The Morgan fingerprint density at radius 2 is 1.50 bits per heavy atom. The molecule has 0 heterocycles. The summed E-state index contributed by atoms with van der Waals surface area (Å²) >= 11 is 1.90. The molecule has 0 N–H and O–H groups in total. The van der Waals surface area contributed by atoms with Crippen LogP contribution in [0, 0.1) is 9.62 Å². The fourth-order valence-electron chi connectivity index (χ4n) is 0. The summed E-state index contributed by atoms with van der Waals surface area (Å²) in [5.41, 5.74) is 0.296. The first-order valence-corrected chi connectivity index (χ1v) is 2.96. The van der Waals surface area contributed by atoms with Crippen molar-refractivity contribution in [2.45, 2.75) is 20.8 Å². The van der Waals surface area contributed by atoms with Crippen LogP contribution in [0.3, 0.4) is 0 Å². The van der Waals surface area contributed by atoms with E-state index in [-0.39, 0.29) is 0 Å². The van der Waals surface area contributed by atoms with Crippen LogP contribution >= 0.6 is 0 Å². The van der Waals surface area contributed by atoms with Crippen molar-refractivity contribution in [3.05, 3.63) is 0 Å². The van der Waals surface area contributed by atoms with Crippen molar-refractivity contribution in [3.8, 4) is 4.20 Å². The normalized spacial score (nSPS) is 10.3. The molecule has 0 fully saturated rings. The van der Waals surface area contributed by atoms with Crippen molar-refractivity contribution in [1.82, 2.24) is 0 Å². The molecule has 0 aliphatic heterocycles. The Hall–Kier alpha value is 0.468. The first kappa shape index (κ1) is 6.47. The van der Waals surface area contributed by atoms with Crippen molar-refractivity contribution in [3.63, 3.8) is 0 Å². The van der Waals surface area contributed by atoms with E-state index in [1.54, 1.807) is 0 Å². The standard InChI is InChI=1S/C5H9.Mo/c1-5(2,3)4;/h1-3H3;. The Balaban J connectivity index is 3.55. The molecule has 0 aliphatic carbocycles. The molecule has 0 spiro atoms. The molecular formula is C5H9Mo. The van der Waals surface area contributed by atoms with Crippen LogP contribution in [0.5, 0.6) is 0 Å². The second kappa shape index (κ2) is 1.96. The zero-order valence-corrected chi connectivity index (χ0v) is 6.42. The molecule has 1 heteroatoms. The Kier molecular flexibility index (Phi) is 2.11. The molecule has 0 nitrogen and oxygen atoms in total. The second-order valence-corrected chi connectivity index (χ2v) is 2.85. The van der Waals surface area contributed by atoms with Gasteiger partial charge in [-0.05, 0) is 0 Å². The average molecular weight is 165 g/mol. The van der Waals surface area contributed by atoms with Crippen LogP contribution in [0.2, 0.25) is 0 Å². The fraction of sp³-hybridized carbons (Fsp3) is 0.800. The van der Waals surface area contributed by atoms with Crippen LogP contribution in [0.1, 0.15) is 20.8 Å². The van der Waals surface area contributed by atoms with Gasteiger partial charge in [0, 0.05) is 0 Å². The van der Waals surface area contributed by atoms with E-state index >= 15 is 0 Å². The Morgan fingerprint density at radius 3 is 1.50 bits per heavy atom. The van der Waals surface area contributed by atoms with E-state index in [0.717, 1.165) is 0 Å². The molecule has 0 amide bonds. The van der Waals surface area contributed by atoms with Gasteiger partial charge in [-0.25, -0.2) is 0 Å². The van der Waals surface area contributed by atoms with E-state index in [9.17, 15) is 0 Å². The summed E-state index contributed by atoms with van der Waals surface area (Å²) in [7, 11) is 0. The Bertz CT molecular complexity index is 70.9. The van der Waals surface area contributed by atoms with E-state index in [4.69, 9.17) is 0 Å². The van der Waals surface area contributed by atoms with Crippen molar-refractivity contribution in [1.29, 1.82) is 0 Å². The summed E-state index contributed by atoms with van der Waals surface area (Å²) in [6.45, 7) is 6.40. The first-order valence-electron chi connectivity index (χ1n) is 1.95. The van der Waals surface area contributed by atoms with Crippen molar-refractivity contribution >= 4 is 0 Å². The molecule has 0 aliphatic rings. The van der Waals surface area contributed by atoms with E-state index in [0.29, 0.717) is 5.41 Å². The van der Waals surface area contributed by atoms with Crippen LogP contribution in [0.25, 0.3) is 0 Å². The second-order valence-electron chi connectivity index (χ2n) is 2.35. The number of hydrogen-bond donors (Lipinski definition) is 0. The molecule has 0 bridgehead atoms. The Morgan fingerprint density at radius 1 is 1.33 bits per heavy atom. The topological polar surface area (TPSA) is 0 Å². The van der Waals surface area contributed by atoms with Crippen molar-refractivity contribution < 1.29 is 19.2 Å². The quantitative estimate of drug-likeness (QED) is 0.477. The van der Waals surface area contributed by atoms with Gasteiger partial charge in [0.1, 0.15) is 0 Å². The molecule has 0 radical (unpaired) electrons. The number of hydrogen-bond acceptors (Lipinski definition) is 0. The fourth-order valence-corrected chi connectivity index (χ4v) is 0. The van der Waals surface area contributed by atoms with Crippen molar-refractivity contribution in [2.24, 2.45) is 5.41 Å². The van der Waals surface area contributed by atoms with Gasteiger partial charge in [-0.15, -0.1) is 0 Å². The maximum atomic E-state index is 3.11. The molecule has 0 aromatic rings. The molecular weight excluding hydrogens is 156 g/mol. The third-order valence-electron chi connectivity index (χ3n) is 0.306. The zero-order valence-electron chi connectivity index (χ0n) is 4.41. The van der Waals surface area contributed by atoms with Crippen molar-refractivity contribution in [2.75, 3.05) is 0 Å². The zero-order chi connectivity index (χ0) is 5.21. The molecule has 0 unspecified atom stereocenters. The average Bonchev–Trinajstić information content (AvgIpc) is 1.35. The van der Waals surface area contributed by atoms with E-state index < -0.39 is 0 Å². The summed E-state index contributed by atoms with van der Waals surface area (Å²) in [6.07, 6.45) is 0. The van der Waals surface area contributed by atoms with Gasteiger partial charge in [-0.3, -0.25) is 0 Å². The van der Waals surface area contributed by atoms with Crippen LogP contribution in [-0.4, -0.2) is 0 Å². The van der Waals surface area contributed by atoms with Gasteiger partial charge in [0.15, 0.2) is 0 Å². The third kappa shape index (κ3) is 4.47. The summed E-state index contributed by atoms with van der Waals surface area (Å²) in [4.78, 5) is 0. The van der Waals surface area contributed by atoms with Gasteiger partial charge >= 0.3 is 49.5 Å². The molecule has 0 saturated carbocycles. The van der Waals surface area contributed by atoms with E-state index in [1.165, 1.54) is 0 Å². The van der Waals surface area contributed by atoms with Gasteiger partial charge in [-0.1, -0.05) is 0 Å². The molecule has 0 atom stereocenters. The van der Waals surface area contributed by atoms with Crippen LogP contribution < -0.4 is 0 Å². The molecule has 35 valence electrons. The van der Waals surface area contributed by atoms with E-state index in [2.05, 4.69) is 25.0 Å². The summed E-state index contributed by atoms with van der Waals surface area (Å²) in [5.74, 6) is 0. The van der Waals surface area contributed by atoms with Gasteiger partial charge in [-0.2, -0.15) is 0 Å². The van der Waals surface area contributed by atoms with Crippen LogP contribution in [-0.2, 0) is 19.2 Å². The molecule has 0 rings (SSSR count). The maximum absolute atomic E-state index is 3.11. The monoisotopic (exact) mass is 167 g/mol. The predicted octanol–water partition coefficient (Wildman–Crippen LogP) is 1.54. The minimum atomic E-state index is 0.296. The SMILES string of the molecule is CC(C)(C)[C]#[Mo]. The number of rotatable bonds is 0. The van der Waals surface area contributed by atoms with Gasteiger partial charge < -0.3 is 0 Å². The molecule has 0 aromatic heterocycles. The molecule has 0 saturated heterocycles. The minimum absolute atomic E-state index is 0.296. The molecule has 6 heavy (non-hydrogen) atoms. The van der Waals surface area contributed by atoms with Crippen LogP contribution in [0.15, 0.2) is 0 Å². The third-order valence-corrected chi connectivity index (χ3v) is 1.81. The Labute approximate surface area is 50.0 Å².